The van der Waals surface area contributed by atoms with Crippen LogP contribution in [0.15, 0.2) is 0 Å². The van der Waals surface area contributed by atoms with E-state index >= 15 is 0 Å². The van der Waals surface area contributed by atoms with Gasteiger partial charge in [0.1, 0.15) is 6.04 Å². The molecule has 0 fully saturated rings. The standard InChI is InChI=1S/C10H19N3O4/c1-4-13(6-9(15)11-3)5-8(10(16)17)12-7(2)14/h8H,4-6H2,1-3H3,(H,11,15)(H,12,14)(H,16,17). The second-order valence-electron chi connectivity index (χ2n) is 3.59. The smallest absolute Gasteiger partial charge is 0.327 e. The van der Waals surface area contributed by atoms with E-state index in [1.807, 2.05) is 6.92 Å². The molecule has 1 unspecified atom stereocenters. The summed E-state index contributed by atoms with van der Waals surface area (Å²) in [6.45, 7) is 3.80. The van der Waals surface area contributed by atoms with Crippen LogP contribution in [0.1, 0.15) is 13.8 Å². The van der Waals surface area contributed by atoms with Gasteiger partial charge in [0.25, 0.3) is 0 Å². The fraction of sp³-hybridized carbons (Fsp3) is 0.700. The van der Waals surface area contributed by atoms with Gasteiger partial charge in [-0.2, -0.15) is 0 Å². The van der Waals surface area contributed by atoms with Crippen LogP contribution < -0.4 is 10.6 Å². The topological polar surface area (TPSA) is 98.7 Å². The van der Waals surface area contributed by atoms with E-state index in [0.29, 0.717) is 6.54 Å². The first kappa shape index (κ1) is 15.4. The molecule has 0 aromatic heterocycles. The molecule has 3 N–H and O–H groups in total. The Morgan fingerprint density at radius 2 is 1.94 bits per heavy atom. The van der Waals surface area contributed by atoms with Crippen LogP contribution in [-0.2, 0) is 14.4 Å². The van der Waals surface area contributed by atoms with Crippen molar-refractivity contribution in [2.24, 2.45) is 0 Å². The third kappa shape index (κ3) is 6.52. The third-order valence-corrected chi connectivity index (χ3v) is 2.21. The summed E-state index contributed by atoms with van der Waals surface area (Å²) in [5, 5.41) is 13.7. The maximum atomic E-state index is 11.2. The van der Waals surface area contributed by atoms with Gasteiger partial charge in [-0.3, -0.25) is 14.5 Å². The van der Waals surface area contributed by atoms with Gasteiger partial charge in [-0.15, -0.1) is 0 Å². The molecule has 0 saturated heterocycles. The summed E-state index contributed by atoms with van der Waals surface area (Å²) in [4.78, 5) is 34.5. The summed E-state index contributed by atoms with van der Waals surface area (Å²) in [5.74, 6) is -1.72. The minimum Gasteiger partial charge on any atom is -0.480 e. The summed E-state index contributed by atoms with van der Waals surface area (Å²) in [5.41, 5.74) is 0. The Bertz CT molecular complexity index is 293. The third-order valence-electron chi connectivity index (χ3n) is 2.21. The molecule has 0 aliphatic rings. The molecule has 0 heterocycles. The average molecular weight is 245 g/mol. The molecule has 0 rings (SSSR count). The van der Waals surface area contributed by atoms with E-state index in [2.05, 4.69) is 10.6 Å². The summed E-state index contributed by atoms with van der Waals surface area (Å²) in [6.07, 6.45) is 0. The zero-order chi connectivity index (χ0) is 13.4. The van der Waals surface area contributed by atoms with Crippen LogP contribution in [0.25, 0.3) is 0 Å². The largest absolute Gasteiger partial charge is 0.480 e. The number of likely N-dealkylation sites (N-methyl/N-ethyl adjacent to an activating group) is 2. The molecule has 0 bridgehead atoms. The molecule has 0 radical (unpaired) electrons. The van der Waals surface area contributed by atoms with Gasteiger partial charge in [0, 0.05) is 20.5 Å². The van der Waals surface area contributed by atoms with Crippen molar-refractivity contribution in [1.82, 2.24) is 15.5 Å². The predicted molar refractivity (Wildman–Crippen MR) is 61.4 cm³/mol. The fourth-order valence-electron chi connectivity index (χ4n) is 1.28. The first-order valence-corrected chi connectivity index (χ1v) is 5.33. The van der Waals surface area contributed by atoms with Crippen molar-refractivity contribution in [1.29, 1.82) is 0 Å². The quantitative estimate of drug-likeness (QED) is 0.515. The summed E-state index contributed by atoms with van der Waals surface area (Å²) >= 11 is 0. The van der Waals surface area contributed by atoms with E-state index < -0.39 is 17.9 Å². The second-order valence-corrected chi connectivity index (χ2v) is 3.59. The van der Waals surface area contributed by atoms with Crippen molar-refractivity contribution in [3.8, 4) is 0 Å². The van der Waals surface area contributed by atoms with Crippen LogP contribution in [0.2, 0.25) is 0 Å². The van der Waals surface area contributed by atoms with Crippen LogP contribution in [-0.4, -0.2) is 60.5 Å². The average Bonchev–Trinajstić information content (AvgIpc) is 2.25. The van der Waals surface area contributed by atoms with E-state index in [4.69, 9.17) is 5.11 Å². The van der Waals surface area contributed by atoms with Crippen molar-refractivity contribution >= 4 is 17.8 Å². The van der Waals surface area contributed by atoms with Crippen molar-refractivity contribution < 1.29 is 19.5 Å². The molecule has 0 aromatic carbocycles. The molecule has 7 nitrogen and oxygen atoms in total. The highest BCUT2D eigenvalue weighted by atomic mass is 16.4. The lowest BCUT2D eigenvalue weighted by atomic mass is 10.2. The minimum atomic E-state index is -1.12. The molecule has 0 spiro atoms. The van der Waals surface area contributed by atoms with Gasteiger partial charge in [0.2, 0.25) is 11.8 Å². The molecule has 0 aliphatic carbocycles. The molecular weight excluding hydrogens is 226 g/mol. The maximum Gasteiger partial charge on any atom is 0.327 e. The summed E-state index contributed by atoms with van der Waals surface area (Å²) in [6, 6.07) is -1.00. The Morgan fingerprint density at radius 3 is 2.29 bits per heavy atom. The van der Waals surface area contributed by atoms with Gasteiger partial charge < -0.3 is 15.7 Å². The molecule has 98 valence electrons. The number of hydrogen-bond acceptors (Lipinski definition) is 4. The van der Waals surface area contributed by atoms with Crippen LogP contribution in [0.5, 0.6) is 0 Å². The minimum absolute atomic E-state index is 0.0961. The Balaban J connectivity index is 4.43. The van der Waals surface area contributed by atoms with Gasteiger partial charge in [-0.05, 0) is 6.54 Å². The highest BCUT2D eigenvalue weighted by molar-refractivity contribution is 5.82. The van der Waals surface area contributed by atoms with Gasteiger partial charge in [0.05, 0.1) is 6.54 Å². The van der Waals surface area contributed by atoms with E-state index in [-0.39, 0.29) is 19.0 Å². The van der Waals surface area contributed by atoms with Crippen molar-refractivity contribution in [3.05, 3.63) is 0 Å². The lowest BCUT2D eigenvalue weighted by Crippen LogP contribution is -2.49. The van der Waals surface area contributed by atoms with E-state index in [0.717, 1.165) is 0 Å². The number of hydrogen-bond donors (Lipinski definition) is 3. The lowest BCUT2D eigenvalue weighted by Gasteiger charge is -2.23. The number of nitrogens with zero attached hydrogens (tertiary/aromatic N) is 1. The Labute approximate surface area is 100 Å². The van der Waals surface area contributed by atoms with Gasteiger partial charge >= 0.3 is 5.97 Å². The number of carbonyl (C=O) groups is 3. The number of carboxylic acid groups (broad SMARTS) is 1. The lowest BCUT2D eigenvalue weighted by molar-refractivity contribution is -0.142. The Hall–Kier alpha value is -1.63. The summed E-state index contributed by atoms with van der Waals surface area (Å²) < 4.78 is 0. The molecule has 1 atom stereocenters. The monoisotopic (exact) mass is 245 g/mol. The summed E-state index contributed by atoms with van der Waals surface area (Å²) in [7, 11) is 1.51. The Morgan fingerprint density at radius 1 is 1.35 bits per heavy atom. The predicted octanol–water partition coefficient (Wildman–Crippen LogP) is -1.36. The SMILES string of the molecule is CCN(CC(=O)NC)CC(NC(C)=O)C(=O)O. The first-order valence-electron chi connectivity index (χ1n) is 5.33. The molecular formula is C10H19N3O4. The molecule has 7 heteroatoms. The van der Waals surface area contributed by atoms with Crippen molar-refractivity contribution in [2.45, 2.75) is 19.9 Å². The number of amides is 2. The second kappa shape index (κ2) is 7.61. The number of nitrogens with one attached hydrogen (secondary N) is 2. The normalized spacial score (nSPS) is 12.0. The Kier molecular flexibility index (Phi) is 6.88. The van der Waals surface area contributed by atoms with Crippen molar-refractivity contribution in [3.63, 3.8) is 0 Å². The first-order chi connectivity index (χ1) is 7.90. The molecule has 17 heavy (non-hydrogen) atoms. The zero-order valence-corrected chi connectivity index (χ0v) is 10.3. The number of carbonyl (C=O) groups excluding carboxylic acids is 2. The van der Waals surface area contributed by atoms with Gasteiger partial charge in [-0.1, -0.05) is 6.92 Å². The highest BCUT2D eigenvalue weighted by Gasteiger charge is 2.22. The van der Waals surface area contributed by atoms with Crippen LogP contribution in [0, 0.1) is 0 Å². The van der Waals surface area contributed by atoms with Gasteiger partial charge in [-0.25, -0.2) is 4.79 Å². The van der Waals surface area contributed by atoms with Crippen LogP contribution >= 0.6 is 0 Å². The van der Waals surface area contributed by atoms with Gasteiger partial charge in [0.15, 0.2) is 0 Å². The van der Waals surface area contributed by atoms with Crippen LogP contribution in [0.3, 0.4) is 0 Å². The molecule has 2 amide bonds. The van der Waals surface area contributed by atoms with E-state index in [1.165, 1.54) is 14.0 Å². The maximum absolute atomic E-state index is 11.2. The zero-order valence-electron chi connectivity index (χ0n) is 10.3. The highest BCUT2D eigenvalue weighted by Crippen LogP contribution is 1.94. The van der Waals surface area contributed by atoms with E-state index in [9.17, 15) is 14.4 Å². The molecule has 0 aromatic rings. The molecule has 0 aliphatic heterocycles. The fourth-order valence-corrected chi connectivity index (χ4v) is 1.28. The molecule has 0 saturated carbocycles. The number of rotatable bonds is 7. The number of carboxylic acids is 1. The number of aliphatic carboxylic acids is 1. The van der Waals surface area contributed by atoms with Crippen molar-refractivity contribution in [2.75, 3.05) is 26.7 Å². The van der Waals surface area contributed by atoms with E-state index in [1.54, 1.807) is 4.90 Å². The van der Waals surface area contributed by atoms with Crippen LogP contribution in [0.4, 0.5) is 0 Å².